The summed E-state index contributed by atoms with van der Waals surface area (Å²) in [6, 6.07) is 0.413. The number of hydrogen-bond acceptors (Lipinski definition) is 6. The first-order chi connectivity index (χ1) is 14.3. The van der Waals surface area contributed by atoms with Crippen LogP contribution in [-0.2, 0) is 26.3 Å². The third-order valence-electron chi connectivity index (χ3n) is 5.22. The SMILES string of the molecule is CCN1CCCC1CNC(=NCc1nnc(C)n1C)NCc1nc(C(F)(F)F)cs1.I. The first-order valence-corrected chi connectivity index (χ1v) is 10.8. The van der Waals surface area contributed by atoms with Crippen molar-refractivity contribution >= 4 is 41.3 Å². The highest BCUT2D eigenvalue weighted by molar-refractivity contribution is 14.0. The molecule has 0 aromatic carbocycles. The van der Waals surface area contributed by atoms with Crippen molar-refractivity contribution in [1.82, 2.24) is 35.3 Å². The van der Waals surface area contributed by atoms with Gasteiger partial charge in [-0.25, -0.2) is 9.98 Å². The molecule has 0 spiro atoms. The number of likely N-dealkylation sites (tertiary alicyclic amines) is 1. The second-order valence-electron chi connectivity index (χ2n) is 7.17. The molecule has 13 heteroatoms. The fourth-order valence-electron chi connectivity index (χ4n) is 3.35. The van der Waals surface area contributed by atoms with E-state index in [0.29, 0.717) is 35.9 Å². The van der Waals surface area contributed by atoms with Crippen LogP contribution in [0.2, 0.25) is 0 Å². The summed E-state index contributed by atoms with van der Waals surface area (Å²) in [5, 5.41) is 15.9. The summed E-state index contributed by atoms with van der Waals surface area (Å²) < 4.78 is 40.2. The molecule has 2 N–H and O–H groups in total. The van der Waals surface area contributed by atoms with Crippen LogP contribution < -0.4 is 10.6 Å². The van der Waals surface area contributed by atoms with E-state index in [4.69, 9.17) is 0 Å². The molecule has 1 atom stereocenters. The van der Waals surface area contributed by atoms with Crippen molar-refractivity contribution in [3.8, 4) is 0 Å². The number of aliphatic imine (C=N–C) groups is 1. The molecule has 8 nitrogen and oxygen atoms in total. The lowest BCUT2D eigenvalue weighted by Gasteiger charge is -2.24. The Labute approximate surface area is 200 Å². The summed E-state index contributed by atoms with van der Waals surface area (Å²) in [4.78, 5) is 10.6. The van der Waals surface area contributed by atoms with Crippen molar-refractivity contribution in [2.24, 2.45) is 12.0 Å². The van der Waals surface area contributed by atoms with Crippen molar-refractivity contribution in [3.63, 3.8) is 0 Å². The first-order valence-electron chi connectivity index (χ1n) is 9.90. The predicted octanol–water partition coefficient (Wildman–Crippen LogP) is 2.94. The number of nitrogens with zero attached hydrogens (tertiary/aromatic N) is 6. The molecule has 174 valence electrons. The van der Waals surface area contributed by atoms with Crippen LogP contribution in [0.15, 0.2) is 10.4 Å². The number of rotatable bonds is 7. The fraction of sp³-hybridized carbons (Fsp3) is 0.667. The predicted molar refractivity (Wildman–Crippen MR) is 125 cm³/mol. The summed E-state index contributed by atoms with van der Waals surface area (Å²) in [6.45, 7) is 7.25. The Balaban J connectivity index is 0.00000341. The number of halogens is 4. The minimum atomic E-state index is -4.43. The number of likely N-dealkylation sites (N-methyl/N-ethyl adjacent to an activating group) is 1. The maximum Gasteiger partial charge on any atom is 0.434 e. The molecule has 0 bridgehead atoms. The molecule has 3 rings (SSSR count). The molecule has 0 amide bonds. The number of hydrogen-bond donors (Lipinski definition) is 2. The summed E-state index contributed by atoms with van der Waals surface area (Å²) in [5.74, 6) is 2.01. The van der Waals surface area contributed by atoms with Gasteiger partial charge in [0.05, 0.1) is 6.54 Å². The molecule has 0 radical (unpaired) electrons. The van der Waals surface area contributed by atoms with Gasteiger partial charge < -0.3 is 15.2 Å². The van der Waals surface area contributed by atoms with E-state index in [1.807, 2.05) is 18.5 Å². The zero-order valence-electron chi connectivity index (χ0n) is 17.7. The van der Waals surface area contributed by atoms with Crippen molar-refractivity contribution < 1.29 is 13.2 Å². The standard InChI is InChI=1S/C18H27F3N8S.HI/c1-4-29-7-5-6-13(29)8-22-17(23-9-15-27-26-12(2)28(15)3)24-10-16-25-14(11-30-16)18(19,20)21;/h11,13H,4-10H2,1-3H3,(H2,22,23,24);1H. The molecule has 1 saturated heterocycles. The molecule has 1 fully saturated rings. The van der Waals surface area contributed by atoms with E-state index < -0.39 is 11.9 Å². The van der Waals surface area contributed by atoms with Crippen LogP contribution in [0.5, 0.6) is 0 Å². The van der Waals surface area contributed by atoms with Crippen molar-refractivity contribution in [2.45, 2.75) is 52.0 Å². The lowest BCUT2D eigenvalue weighted by atomic mass is 10.2. The molecule has 0 saturated carbocycles. The number of aromatic nitrogens is 4. The minimum absolute atomic E-state index is 0. The summed E-state index contributed by atoms with van der Waals surface area (Å²) in [6.07, 6.45) is -2.16. The largest absolute Gasteiger partial charge is 0.434 e. The van der Waals surface area contributed by atoms with Gasteiger partial charge in [0.1, 0.15) is 17.4 Å². The van der Waals surface area contributed by atoms with Crippen LogP contribution in [-0.4, -0.2) is 56.3 Å². The van der Waals surface area contributed by atoms with Gasteiger partial charge in [0.25, 0.3) is 0 Å². The van der Waals surface area contributed by atoms with E-state index >= 15 is 0 Å². The van der Waals surface area contributed by atoms with Crippen molar-refractivity contribution in [3.05, 3.63) is 27.7 Å². The third-order valence-corrected chi connectivity index (χ3v) is 6.07. The molecule has 31 heavy (non-hydrogen) atoms. The van der Waals surface area contributed by atoms with Gasteiger partial charge in [0.2, 0.25) is 0 Å². The Kier molecular flexibility index (Phi) is 9.48. The van der Waals surface area contributed by atoms with Gasteiger partial charge in [-0.2, -0.15) is 13.2 Å². The Hall–Kier alpha value is -1.48. The van der Waals surface area contributed by atoms with E-state index in [1.165, 1.54) is 0 Å². The maximum atomic E-state index is 12.8. The van der Waals surface area contributed by atoms with E-state index in [9.17, 15) is 13.2 Å². The van der Waals surface area contributed by atoms with E-state index in [1.54, 1.807) is 0 Å². The summed E-state index contributed by atoms with van der Waals surface area (Å²) in [7, 11) is 1.87. The Morgan fingerprint density at radius 3 is 2.71 bits per heavy atom. The molecule has 2 aromatic rings. The molecule has 1 aliphatic rings. The van der Waals surface area contributed by atoms with Gasteiger partial charge in [-0.1, -0.05) is 6.92 Å². The van der Waals surface area contributed by atoms with Crippen LogP contribution >= 0.6 is 35.3 Å². The lowest BCUT2D eigenvalue weighted by Crippen LogP contribution is -2.44. The number of aryl methyl sites for hydroxylation is 1. The van der Waals surface area contributed by atoms with Crippen molar-refractivity contribution in [2.75, 3.05) is 19.6 Å². The van der Waals surface area contributed by atoms with Crippen LogP contribution in [0.3, 0.4) is 0 Å². The van der Waals surface area contributed by atoms with Crippen molar-refractivity contribution in [1.29, 1.82) is 0 Å². The van der Waals surface area contributed by atoms with Gasteiger partial charge in [-0.15, -0.1) is 45.5 Å². The topological polar surface area (TPSA) is 83.3 Å². The van der Waals surface area contributed by atoms with Gasteiger partial charge >= 0.3 is 6.18 Å². The Morgan fingerprint density at radius 2 is 2.10 bits per heavy atom. The molecule has 3 heterocycles. The second-order valence-corrected chi connectivity index (χ2v) is 8.11. The second kappa shape index (κ2) is 11.4. The molecular formula is C18H28F3IN8S. The average molecular weight is 572 g/mol. The maximum absolute atomic E-state index is 12.8. The number of guanidine groups is 1. The van der Waals surface area contributed by atoms with Crippen LogP contribution in [0.1, 0.15) is 42.1 Å². The smallest absolute Gasteiger partial charge is 0.355 e. The minimum Gasteiger partial charge on any atom is -0.355 e. The normalized spacial score (nSPS) is 17.6. The Bertz CT molecular complexity index is 866. The van der Waals surface area contributed by atoms with Crippen LogP contribution in [0, 0.1) is 6.92 Å². The Morgan fingerprint density at radius 1 is 1.32 bits per heavy atom. The van der Waals surface area contributed by atoms with E-state index in [0.717, 1.165) is 48.5 Å². The molecule has 0 aliphatic carbocycles. The summed E-state index contributed by atoms with van der Waals surface area (Å²) in [5.41, 5.74) is -0.866. The molecule has 1 unspecified atom stereocenters. The average Bonchev–Trinajstić information content (AvgIpc) is 3.43. The monoisotopic (exact) mass is 572 g/mol. The molecular weight excluding hydrogens is 544 g/mol. The van der Waals surface area contributed by atoms with E-state index in [2.05, 4.69) is 42.6 Å². The van der Waals surface area contributed by atoms with Gasteiger partial charge in [0.15, 0.2) is 17.5 Å². The quantitative estimate of drug-likeness (QED) is 0.302. The van der Waals surface area contributed by atoms with Gasteiger partial charge in [0, 0.05) is 25.0 Å². The summed E-state index contributed by atoms with van der Waals surface area (Å²) >= 11 is 0.975. The number of thiazole rings is 1. The highest BCUT2D eigenvalue weighted by atomic mass is 127. The number of nitrogens with one attached hydrogen (secondary N) is 2. The zero-order chi connectivity index (χ0) is 21.7. The van der Waals surface area contributed by atoms with Crippen LogP contribution in [0.4, 0.5) is 13.2 Å². The van der Waals surface area contributed by atoms with E-state index in [-0.39, 0.29) is 30.5 Å². The molecule has 1 aliphatic heterocycles. The first kappa shape index (κ1) is 25.8. The number of alkyl halides is 3. The fourth-order valence-corrected chi connectivity index (χ4v) is 4.09. The zero-order valence-corrected chi connectivity index (χ0v) is 20.9. The highest BCUT2D eigenvalue weighted by Gasteiger charge is 2.33. The third kappa shape index (κ3) is 7.00. The highest BCUT2D eigenvalue weighted by Crippen LogP contribution is 2.29. The lowest BCUT2D eigenvalue weighted by molar-refractivity contribution is -0.140. The van der Waals surface area contributed by atoms with Gasteiger partial charge in [-0.05, 0) is 32.9 Å². The molecule has 2 aromatic heterocycles. The van der Waals surface area contributed by atoms with Gasteiger partial charge in [-0.3, -0.25) is 4.90 Å². The van der Waals surface area contributed by atoms with Crippen LogP contribution in [0.25, 0.3) is 0 Å².